The molecule has 0 aliphatic heterocycles. The number of benzene rings is 3. The number of carbonyl (C=O) groups excluding carboxylic acids is 2. The summed E-state index contributed by atoms with van der Waals surface area (Å²) >= 11 is 0. The highest BCUT2D eigenvalue weighted by Crippen LogP contribution is 2.36. The van der Waals surface area contributed by atoms with Crippen LogP contribution in [0.4, 0.5) is 18.9 Å². The lowest BCUT2D eigenvalue weighted by molar-refractivity contribution is -0.153. The van der Waals surface area contributed by atoms with E-state index in [2.05, 4.69) is 10.3 Å². The summed E-state index contributed by atoms with van der Waals surface area (Å²) in [6, 6.07) is 21.2. The summed E-state index contributed by atoms with van der Waals surface area (Å²) in [4.78, 5) is 40.9. The van der Waals surface area contributed by atoms with Gasteiger partial charge >= 0.3 is 12.1 Å². The number of aromatic nitrogens is 1. The number of amides is 1. The normalized spacial score (nSPS) is 17.0. The molecule has 7 nitrogen and oxygen atoms in total. The molecule has 10 heteroatoms. The SMILES string of the molecule is O=C(Nc1ccc(-c2ccc(C(=O)C3CCCC3C(=O)O)cc2)cc1)c1nc(-c2ccccc2)oc1C(F)(F)F. The number of ketones is 1. The minimum absolute atomic E-state index is 0.184. The van der Waals surface area contributed by atoms with Gasteiger partial charge in [-0.25, -0.2) is 4.98 Å². The fourth-order valence-electron chi connectivity index (χ4n) is 4.92. The van der Waals surface area contributed by atoms with Gasteiger partial charge in [-0.05, 0) is 48.2 Å². The highest BCUT2D eigenvalue weighted by Gasteiger charge is 2.42. The van der Waals surface area contributed by atoms with Crippen molar-refractivity contribution in [3.8, 4) is 22.6 Å². The van der Waals surface area contributed by atoms with Crippen molar-refractivity contribution in [1.29, 1.82) is 0 Å². The van der Waals surface area contributed by atoms with Gasteiger partial charge in [-0.15, -0.1) is 0 Å². The topological polar surface area (TPSA) is 110 Å². The summed E-state index contributed by atoms with van der Waals surface area (Å²) in [6.07, 6.45) is -3.17. The monoisotopic (exact) mass is 548 g/mol. The standard InChI is InChI=1S/C30H23F3N2O5/c31-30(32,33)26-24(35-28(40-26)20-5-2-1-3-6-20)27(37)34-21-15-13-18(14-16-21)17-9-11-19(12-10-17)25(36)22-7-4-8-23(22)29(38)39/h1-3,5-6,9-16,22-23H,4,7-8H2,(H,34,37)(H,38,39). The van der Waals surface area contributed by atoms with Gasteiger partial charge in [0.25, 0.3) is 5.91 Å². The van der Waals surface area contributed by atoms with Crippen LogP contribution in [0.15, 0.2) is 83.3 Å². The maximum atomic E-state index is 13.6. The van der Waals surface area contributed by atoms with Crippen molar-refractivity contribution in [3.63, 3.8) is 0 Å². The van der Waals surface area contributed by atoms with Gasteiger partial charge in [0.1, 0.15) is 0 Å². The number of aliphatic carboxylic acids is 1. The number of hydrogen-bond acceptors (Lipinski definition) is 5. The van der Waals surface area contributed by atoms with Gasteiger partial charge in [-0.3, -0.25) is 14.4 Å². The van der Waals surface area contributed by atoms with Crippen LogP contribution in [0.25, 0.3) is 22.6 Å². The lowest BCUT2D eigenvalue weighted by Crippen LogP contribution is -2.25. The van der Waals surface area contributed by atoms with Gasteiger partial charge < -0.3 is 14.8 Å². The van der Waals surface area contributed by atoms with Crippen LogP contribution in [0.5, 0.6) is 0 Å². The van der Waals surface area contributed by atoms with Gasteiger partial charge in [-0.1, -0.05) is 61.0 Å². The zero-order valence-corrected chi connectivity index (χ0v) is 20.9. The van der Waals surface area contributed by atoms with Crippen LogP contribution in [-0.2, 0) is 11.0 Å². The Morgan fingerprint density at radius 2 is 1.43 bits per heavy atom. The van der Waals surface area contributed by atoms with Gasteiger partial charge in [-0.2, -0.15) is 13.2 Å². The average Bonchev–Trinajstić information content (AvgIpc) is 3.62. The van der Waals surface area contributed by atoms with E-state index in [4.69, 9.17) is 4.42 Å². The summed E-state index contributed by atoms with van der Waals surface area (Å²) in [5.41, 5.74) is 1.62. The molecule has 2 N–H and O–H groups in total. The number of nitrogens with one attached hydrogen (secondary N) is 1. The summed E-state index contributed by atoms with van der Waals surface area (Å²) in [5, 5.41) is 11.8. The van der Waals surface area contributed by atoms with Crippen molar-refractivity contribution < 1.29 is 37.1 Å². The number of carboxylic acid groups (broad SMARTS) is 1. The molecule has 0 bridgehead atoms. The van der Waals surface area contributed by atoms with Crippen LogP contribution in [0, 0.1) is 11.8 Å². The Bertz CT molecular complexity index is 1550. The van der Waals surface area contributed by atoms with E-state index in [1.54, 1.807) is 54.6 Å². The van der Waals surface area contributed by atoms with E-state index in [0.29, 0.717) is 30.4 Å². The zero-order valence-electron chi connectivity index (χ0n) is 20.9. The van der Waals surface area contributed by atoms with Crippen LogP contribution >= 0.6 is 0 Å². The lowest BCUT2D eigenvalue weighted by Gasteiger charge is -2.14. The smallest absolute Gasteiger partial charge is 0.452 e. The minimum Gasteiger partial charge on any atom is -0.481 e. The maximum absolute atomic E-state index is 13.6. The molecule has 1 aliphatic carbocycles. The van der Waals surface area contributed by atoms with Crippen molar-refractivity contribution in [1.82, 2.24) is 4.98 Å². The average molecular weight is 549 g/mol. The molecule has 5 rings (SSSR count). The maximum Gasteiger partial charge on any atom is 0.452 e. The highest BCUT2D eigenvalue weighted by atomic mass is 19.4. The Hall–Kier alpha value is -4.73. The molecule has 3 aromatic carbocycles. The first-order valence-corrected chi connectivity index (χ1v) is 12.5. The second-order valence-corrected chi connectivity index (χ2v) is 9.52. The number of nitrogens with zero attached hydrogens (tertiary/aromatic N) is 1. The molecular formula is C30H23F3N2O5. The lowest BCUT2D eigenvalue weighted by atomic mass is 9.88. The van der Waals surface area contributed by atoms with Gasteiger partial charge in [0.05, 0.1) is 5.92 Å². The van der Waals surface area contributed by atoms with E-state index in [1.807, 2.05) is 0 Å². The molecule has 4 aromatic rings. The molecule has 1 saturated carbocycles. The molecule has 0 spiro atoms. The summed E-state index contributed by atoms with van der Waals surface area (Å²) in [7, 11) is 0. The number of oxazole rings is 1. The first-order chi connectivity index (χ1) is 19.1. The predicted octanol–water partition coefficient (Wildman–Crippen LogP) is 6.96. The van der Waals surface area contributed by atoms with E-state index in [1.165, 1.54) is 24.3 Å². The Labute approximate surface area is 226 Å². The molecule has 40 heavy (non-hydrogen) atoms. The molecule has 1 fully saturated rings. The molecule has 1 aromatic heterocycles. The van der Waals surface area contributed by atoms with E-state index < -0.39 is 41.3 Å². The quantitative estimate of drug-likeness (QED) is 0.242. The molecule has 1 aliphatic rings. The second kappa shape index (κ2) is 10.8. The number of rotatable bonds is 7. The highest BCUT2D eigenvalue weighted by molar-refractivity contribution is 6.04. The molecule has 1 heterocycles. The fraction of sp³-hybridized carbons (Fsp3) is 0.200. The predicted molar refractivity (Wildman–Crippen MR) is 140 cm³/mol. The van der Waals surface area contributed by atoms with E-state index >= 15 is 0 Å². The van der Waals surface area contributed by atoms with Crippen LogP contribution in [0.1, 0.15) is 45.9 Å². The third kappa shape index (κ3) is 5.51. The minimum atomic E-state index is -4.92. The number of alkyl halides is 3. The number of carbonyl (C=O) groups is 3. The van der Waals surface area contributed by atoms with Crippen molar-refractivity contribution >= 4 is 23.3 Å². The molecule has 0 radical (unpaired) electrons. The Morgan fingerprint density at radius 1 is 0.825 bits per heavy atom. The molecule has 2 atom stereocenters. The Balaban J connectivity index is 1.30. The molecular weight excluding hydrogens is 525 g/mol. The zero-order chi connectivity index (χ0) is 28.4. The van der Waals surface area contributed by atoms with E-state index in [9.17, 15) is 32.7 Å². The summed E-state index contributed by atoms with van der Waals surface area (Å²) < 4.78 is 45.7. The number of Topliss-reactive ketones (excluding diaryl/α,β-unsaturated/α-hetero) is 1. The van der Waals surface area contributed by atoms with Crippen molar-refractivity contribution in [2.45, 2.75) is 25.4 Å². The third-order valence-corrected chi connectivity index (χ3v) is 6.94. The van der Waals surface area contributed by atoms with Crippen LogP contribution in [0.3, 0.4) is 0 Å². The van der Waals surface area contributed by atoms with Gasteiger partial charge in [0.15, 0.2) is 11.5 Å². The first kappa shape index (κ1) is 26.9. The number of carboxylic acids is 1. The van der Waals surface area contributed by atoms with E-state index in [0.717, 1.165) is 11.1 Å². The summed E-state index contributed by atoms with van der Waals surface area (Å²) in [6.45, 7) is 0. The molecule has 204 valence electrons. The van der Waals surface area contributed by atoms with Crippen molar-refractivity contribution in [2.75, 3.05) is 5.32 Å². The molecule has 0 saturated heterocycles. The van der Waals surface area contributed by atoms with Crippen LogP contribution < -0.4 is 5.32 Å². The molecule has 2 unspecified atom stereocenters. The van der Waals surface area contributed by atoms with Gasteiger partial charge in [0, 0.05) is 22.7 Å². The van der Waals surface area contributed by atoms with E-state index in [-0.39, 0.29) is 17.4 Å². The van der Waals surface area contributed by atoms with Gasteiger partial charge in [0.2, 0.25) is 11.7 Å². The Morgan fingerprint density at radius 3 is 2.02 bits per heavy atom. The molecule has 1 amide bonds. The first-order valence-electron chi connectivity index (χ1n) is 12.5. The van der Waals surface area contributed by atoms with Crippen LogP contribution in [-0.4, -0.2) is 27.8 Å². The fourth-order valence-corrected chi connectivity index (χ4v) is 4.92. The number of anilines is 1. The third-order valence-electron chi connectivity index (χ3n) is 6.94. The largest absolute Gasteiger partial charge is 0.481 e. The van der Waals surface area contributed by atoms with Crippen molar-refractivity contribution in [3.05, 3.63) is 95.9 Å². The van der Waals surface area contributed by atoms with Crippen molar-refractivity contribution in [2.24, 2.45) is 11.8 Å². The second-order valence-electron chi connectivity index (χ2n) is 9.52. The Kier molecular flexibility index (Phi) is 7.25. The number of halogens is 3. The number of hydrogen-bond donors (Lipinski definition) is 2. The van der Waals surface area contributed by atoms with Crippen LogP contribution in [0.2, 0.25) is 0 Å². The summed E-state index contributed by atoms with van der Waals surface area (Å²) in [5.74, 6) is -5.20.